The number of pyridine rings is 1. The van der Waals surface area contributed by atoms with Crippen LogP contribution in [0.4, 0.5) is 11.5 Å². The highest BCUT2D eigenvalue weighted by Crippen LogP contribution is 2.38. The summed E-state index contributed by atoms with van der Waals surface area (Å²) in [6.07, 6.45) is 1.02. The van der Waals surface area contributed by atoms with Crippen LogP contribution in [0.15, 0.2) is 12.1 Å². The third-order valence-electron chi connectivity index (χ3n) is 3.34. The molecule has 0 bridgehead atoms. The molecule has 0 radical (unpaired) electrons. The molecule has 0 spiro atoms. The second-order valence-corrected chi connectivity index (χ2v) is 4.79. The zero-order valence-corrected chi connectivity index (χ0v) is 9.66. The van der Waals surface area contributed by atoms with E-state index >= 15 is 0 Å². The Hall–Kier alpha value is -1.29. The van der Waals surface area contributed by atoms with Crippen LogP contribution in [0.1, 0.15) is 13.3 Å². The van der Waals surface area contributed by atoms with Gasteiger partial charge in [0.2, 0.25) is 5.91 Å². The van der Waals surface area contributed by atoms with Crippen LogP contribution in [0.3, 0.4) is 0 Å². The van der Waals surface area contributed by atoms with Crippen molar-refractivity contribution in [1.29, 1.82) is 0 Å². The first kappa shape index (κ1) is 9.90. The van der Waals surface area contributed by atoms with E-state index in [1.807, 2.05) is 6.07 Å². The second kappa shape index (κ2) is 3.35. The Morgan fingerprint density at radius 1 is 1.56 bits per heavy atom. The lowest BCUT2D eigenvalue weighted by Crippen LogP contribution is -2.46. The molecule has 84 valence electrons. The van der Waals surface area contributed by atoms with Gasteiger partial charge in [0.15, 0.2) is 5.82 Å². The Bertz CT molecular complexity index is 463. The molecule has 5 heteroatoms. The van der Waals surface area contributed by atoms with Crippen molar-refractivity contribution in [2.24, 2.45) is 5.92 Å². The SMILES string of the molecule is CC1CCN2c3nc(Cl)ccc3NC(=O)C12. The Kier molecular flexibility index (Phi) is 2.07. The van der Waals surface area contributed by atoms with Crippen molar-refractivity contribution in [3.63, 3.8) is 0 Å². The highest BCUT2D eigenvalue weighted by atomic mass is 35.5. The standard InChI is InChI=1S/C11H12ClN3O/c1-6-4-5-15-9(6)11(16)13-7-2-3-8(12)14-10(7)15/h2-3,6,9H,4-5H2,1H3,(H,13,16). The third kappa shape index (κ3) is 1.29. The summed E-state index contributed by atoms with van der Waals surface area (Å²) in [4.78, 5) is 18.3. The quantitative estimate of drug-likeness (QED) is 0.701. The van der Waals surface area contributed by atoms with Crippen LogP contribution >= 0.6 is 11.6 Å². The molecule has 2 atom stereocenters. The Morgan fingerprint density at radius 2 is 2.38 bits per heavy atom. The maximum atomic E-state index is 11.9. The number of anilines is 2. The van der Waals surface area contributed by atoms with E-state index in [1.165, 1.54) is 0 Å². The number of aromatic nitrogens is 1. The molecule has 0 aromatic carbocycles. The summed E-state index contributed by atoms with van der Waals surface area (Å²) in [5.41, 5.74) is 0.764. The van der Waals surface area contributed by atoms with E-state index in [4.69, 9.17) is 11.6 Å². The van der Waals surface area contributed by atoms with Gasteiger partial charge in [-0.2, -0.15) is 0 Å². The lowest BCUT2D eigenvalue weighted by atomic mass is 10.0. The van der Waals surface area contributed by atoms with E-state index in [9.17, 15) is 4.79 Å². The summed E-state index contributed by atoms with van der Waals surface area (Å²) in [5, 5.41) is 3.35. The van der Waals surface area contributed by atoms with Crippen LogP contribution in [-0.2, 0) is 4.79 Å². The van der Waals surface area contributed by atoms with Crippen LogP contribution in [0.2, 0.25) is 5.15 Å². The Morgan fingerprint density at radius 3 is 3.19 bits per heavy atom. The molecule has 1 saturated heterocycles. The fourth-order valence-electron chi connectivity index (χ4n) is 2.53. The van der Waals surface area contributed by atoms with Crippen molar-refractivity contribution in [3.8, 4) is 0 Å². The molecule has 1 amide bonds. The van der Waals surface area contributed by atoms with Crippen LogP contribution < -0.4 is 10.2 Å². The first-order valence-corrected chi connectivity index (χ1v) is 5.78. The molecule has 0 aliphatic carbocycles. The fourth-order valence-corrected chi connectivity index (χ4v) is 2.68. The molecule has 4 nitrogen and oxygen atoms in total. The van der Waals surface area contributed by atoms with Crippen molar-refractivity contribution in [1.82, 2.24) is 4.98 Å². The number of hydrogen-bond acceptors (Lipinski definition) is 3. The highest BCUT2D eigenvalue weighted by molar-refractivity contribution is 6.29. The number of nitrogens with zero attached hydrogens (tertiary/aromatic N) is 2. The van der Waals surface area contributed by atoms with Gasteiger partial charge < -0.3 is 10.2 Å². The van der Waals surface area contributed by atoms with Gasteiger partial charge in [-0.15, -0.1) is 0 Å². The van der Waals surface area contributed by atoms with E-state index < -0.39 is 0 Å². The summed E-state index contributed by atoms with van der Waals surface area (Å²) in [6.45, 7) is 2.97. The average molecular weight is 238 g/mol. The number of fused-ring (bicyclic) bond motifs is 3. The predicted octanol–water partition coefficient (Wildman–Crippen LogP) is 1.90. The zero-order chi connectivity index (χ0) is 11.3. The van der Waals surface area contributed by atoms with Gasteiger partial charge in [-0.3, -0.25) is 4.79 Å². The first-order chi connectivity index (χ1) is 7.66. The van der Waals surface area contributed by atoms with Gasteiger partial charge in [0, 0.05) is 6.54 Å². The van der Waals surface area contributed by atoms with Crippen molar-refractivity contribution in [3.05, 3.63) is 17.3 Å². The van der Waals surface area contributed by atoms with Crippen molar-refractivity contribution in [2.45, 2.75) is 19.4 Å². The number of amides is 1. The van der Waals surface area contributed by atoms with Crippen LogP contribution in [0.5, 0.6) is 0 Å². The lowest BCUT2D eigenvalue weighted by Gasteiger charge is -2.33. The Labute approximate surface area is 98.6 Å². The van der Waals surface area contributed by atoms with Gasteiger partial charge in [0.25, 0.3) is 0 Å². The third-order valence-corrected chi connectivity index (χ3v) is 3.55. The van der Waals surface area contributed by atoms with Crippen LogP contribution in [-0.4, -0.2) is 23.5 Å². The molecular formula is C11H12ClN3O. The van der Waals surface area contributed by atoms with E-state index in [1.54, 1.807) is 6.07 Å². The van der Waals surface area contributed by atoms with Gasteiger partial charge in [-0.05, 0) is 24.5 Å². The molecule has 0 saturated carbocycles. The number of nitrogens with one attached hydrogen (secondary N) is 1. The van der Waals surface area contributed by atoms with Gasteiger partial charge in [0.1, 0.15) is 11.2 Å². The molecule has 2 aliphatic heterocycles. The Balaban J connectivity index is 2.11. The second-order valence-electron chi connectivity index (χ2n) is 4.40. The zero-order valence-electron chi connectivity index (χ0n) is 8.90. The predicted molar refractivity (Wildman–Crippen MR) is 62.8 cm³/mol. The molecule has 3 rings (SSSR count). The number of rotatable bonds is 0. The summed E-state index contributed by atoms with van der Waals surface area (Å²) >= 11 is 5.89. The van der Waals surface area contributed by atoms with E-state index in [2.05, 4.69) is 22.1 Å². The number of halogens is 1. The van der Waals surface area contributed by atoms with E-state index in [0.29, 0.717) is 11.1 Å². The summed E-state index contributed by atoms with van der Waals surface area (Å²) in [5.74, 6) is 1.25. The normalized spacial score (nSPS) is 27.4. The van der Waals surface area contributed by atoms with Crippen molar-refractivity contribution < 1.29 is 4.79 Å². The number of carbonyl (C=O) groups excluding carboxylic acids is 1. The fraction of sp³-hybridized carbons (Fsp3) is 0.455. The monoisotopic (exact) mass is 237 g/mol. The van der Waals surface area contributed by atoms with E-state index in [0.717, 1.165) is 24.5 Å². The highest BCUT2D eigenvalue weighted by Gasteiger charge is 2.41. The molecule has 1 fully saturated rings. The minimum Gasteiger partial charge on any atom is -0.343 e. The molecule has 2 unspecified atom stereocenters. The molecular weight excluding hydrogens is 226 g/mol. The maximum Gasteiger partial charge on any atom is 0.247 e. The topological polar surface area (TPSA) is 45.2 Å². The molecule has 2 aliphatic rings. The maximum absolute atomic E-state index is 11.9. The minimum absolute atomic E-state index is 0.0709. The number of carbonyl (C=O) groups is 1. The van der Waals surface area contributed by atoms with Gasteiger partial charge in [-0.1, -0.05) is 18.5 Å². The molecule has 16 heavy (non-hydrogen) atoms. The van der Waals surface area contributed by atoms with Crippen molar-refractivity contribution >= 4 is 29.0 Å². The van der Waals surface area contributed by atoms with Crippen LogP contribution in [0.25, 0.3) is 0 Å². The van der Waals surface area contributed by atoms with E-state index in [-0.39, 0.29) is 11.9 Å². The molecule has 3 heterocycles. The lowest BCUT2D eigenvalue weighted by molar-refractivity contribution is -0.118. The smallest absolute Gasteiger partial charge is 0.247 e. The molecule has 1 aromatic rings. The summed E-state index contributed by atoms with van der Waals surface area (Å²) in [7, 11) is 0. The number of hydrogen-bond donors (Lipinski definition) is 1. The van der Waals surface area contributed by atoms with Crippen LogP contribution in [0, 0.1) is 5.92 Å². The van der Waals surface area contributed by atoms with Crippen molar-refractivity contribution in [2.75, 3.05) is 16.8 Å². The van der Waals surface area contributed by atoms with Gasteiger partial charge in [-0.25, -0.2) is 4.98 Å². The molecule has 1 N–H and O–H groups in total. The molecule has 1 aromatic heterocycles. The minimum atomic E-state index is -0.0848. The summed E-state index contributed by atoms with van der Waals surface area (Å²) in [6, 6.07) is 3.42. The largest absolute Gasteiger partial charge is 0.343 e. The van der Waals surface area contributed by atoms with Gasteiger partial charge >= 0.3 is 0 Å². The first-order valence-electron chi connectivity index (χ1n) is 5.41. The average Bonchev–Trinajstić information content (AvgIpc) is 2.63. The van der Waals surface area contributed by atoms with Gasteiger partial charge in [0.05, 0.1) is 5.69 Å². The summed E-state index contributed by atoms with van der Waals surface area (Å²) < 4.78 is 0.